The maximum atomic E-state index is 5.26. The van der Waals surface area contributed by atoms with Crippen LogP contribution in [-0.4, -0.2) is 21.7 Å². The third-order valence-corrected chi connectivity index (χ3v) is 3.23. The average molecular weight is 295 g/mol. The number of halogens is 1. The fraction of sp³-hybridized carbons (Fsp3) is 0.364. The third-order valence-electron chi connectivity index (χ3n) is 2.76. The molecule has 0 bridgehead atoms. The van der Waals surface area contributed by atoms with E-state index in [-0.39, 0.29) is 6.04 Å². The third kappa shape index (κ3) is 2.23. The number of hydrogen-bond donors (Lipinski definition) is 1. The molecule has 1 N–H and O–H groups in total. The van der Waals surface area contributed by atoms with Gasteiger partial charge in [-0.2, -0.15) is 4.98 Å². The Morgan fingerprint density at radius 1 is 1.41 bits per heavy atom. The maximum Gasteiger partial charge on any atom is 0.244 e. The summed E-state index contributed by atoms with van der Waals surface area (Å²) in [5.41, 5.74) is 0.723. The maximum absolute atomic E-state index is 5.26. The van der Waals surface area contributed by atoms with Crippen molar-refractivity contribution in [1.29, 1.82) is 0 Å². The van der Waals surface area contributed by atoms with Crippen molar-refractivity contribution in [1.82, 2.24) is 20.4 Å². The van der Waals surface area contributed by atoms with Gasteiger partial charge in [0, 0.05) is 10.7 Å². The van der Waals surface area contributed by atoms with Gasteiger partial charge in [-0.15, -0.1) is 0 Å². The van der Waals surface area contributed by atoms with Crippen molar-refractivity contribution >= 4 is 15.9 Å². The molecule has 1 fully saturated rings. The normalized spacial score (nSPS) is 19.7. The lowest BCUT2D eigenvalue weighted by Crippen LogP contribution is -2.12. The number of nitrogens with one attached hydrogen (secondary N) is 1. The first kappa shape index (κ1) is 10.9. The van der Waals surface area contributed by atoms with Crippen LogP contribution >= 0.6 is 15.9 Å². The summed E-state index contributed by atoms with van der Waals surface area (Å²) in [6, 6.07) is 3.97. The van der Waals surface area contributed by atoms with Crippen molar-refractivity contribution in [3.05, 3.63) is 28.7 Å². The van der Waals surface area contributed by atoms with E-state index in [2.05, 4.69) is 36.4 Å². The molecular weight excluding hydrogens is 284 g/mol. The Morgan fingerprint density at radius 2 is 2.35 bits per heavy atom. The molecule has 0 amide bonds. The van der Waals surface area contributed by atoms with E-state index in [9.17, 15) is 0 Å². The molecular formula is C11H11BrN4O. The smallest absolute Gasteiger partial charge is 0.244 e. The first-order chi connectivity index (χ1) is 8.33. The van der Waals surface area contributed by atoms with Crippen LogP contribution < -0.4 is 5.32 Å². The first-order valence-corrected chi connectivity index (χ1v) is 6.31. The Kier molecular flexibility index (Phi) is 2.90. The van der Waals surface area contributed by atoms with E-state index in [1.54, 1.807) is 6.20 Å². The number of hydrogen-bond acceptors (Lipinski definition) is 5. The standard InChI is InChI=1S/C11H11BrN4O/c12-7-3-4-8(14-6-7)10-15-11(17-16-10)9-2-1-5-13-9/h3-4,6,9,13H,1-2,5H2. The predicted octanol–water partition coefficient (Wildman–Crippen LogP) is 2.32. The van der Waals surface area contributed by atoms with E-state index < -0.39 is 0 Å². The first-order valence-electron chi connectivity index (χ1n) is 5.52. The second kappa shape index (κ2) is 4.54. The van der Waals surface area contributed by atoms with Gasteiger partial charge in [0.1, 0.15) is 5.69 Å². The highest BCUT2D eigenvalue weighted by atomic mass is 79.9. The molecule has 3 heterocycles. The van der Waals surface area contributed by atoms with Gasteiger partial charge in [0.15, 0.2) is 0 Å². The van der Waals surface area contributed by atoms with Crippen molar-refractivity contribution in [2.45, 2.75) is 18.9 Å². The van der Waals surface area contributed by atoms with Gasteiger partial charge in [-0.1, -0.05) is 5.16 Å². The summed E-state index contributed by atoms with van der Waals surface area (Å²) < 4.78 is 6.19. The van der Waals surface area contributed by atoms with Crippen LogP contribution in [0.4, 0.5) is 0 Å². The molecule has 5 nitrogen and oxygen atoms in total. The van der Waals surface area contributed by atoms with Crippen molar-refractivity contribution < 1.29 is 4.52 Å². The van der Waals surface area contributed by atoms with Gasteiger partial charge < -0.3 is 9.84 Å². The predicted molar refractivity (Wildman–Crippen MR) is 65.2 cm³/mol. The van der Waals surface area contributed by atoms with Crippen LogP contribution in [0.1, 0.15) is 24.8 Å². The minimum Gasteiger partial charge on any atom is -0.337 e. The monoisotopic (exact) mass is 294 g/mol. The zero-order valence-electron chi connectivity index (χ0n) is 9.06. The van der Waals surface area contributed by atoms with E-state index in [1.807, 2.05) is 12.1 Å². The van der Waals surface area contributed by atoms with Gasteiger partial charge >= 0.3 is 0 Å². The summed E-state index contributed by atoms with van der Waals surface area (Å²) in [6.45, 7) is 1.01. The van der Waals surface area contributed by atoms with Gasteiger partial charge in [-0.05, 0) is 47.4 Å². The molecule has 2 aromatic heterocycles. The quantitative estimate of drug-likeness (QED) is 0.921. The van der Waals surface area contributed by atoms with Crippen LogP contribution in [0.25, 0.3) is 11.5 Å². The van der Waals surface area contributed by atoms with E-state index in [4.69, 9.17) is 4.52 Å². The molecule has 1 aliphatic heterocycles. The van der Waals surface area contributed by atoms with E-state index in [0.29, 0.717) is 11.7 Å². The Hall–Kier alpha value is -1.27. The van der Waals surface area contributed by atoms with E-state index in [0.717, 1.165) is 29.6 Å². The largest absolute Gasteiger partial charge is 0.337 e. The minimum absolute atomic E-state index is 0.201. The second-order valence-corrected chi connectivity index (χ2v) is 4.88. The van der Waals surface area contributed by atoms with E-state index >= 15 is 0 Å². The fourth-order valence-electron chi connectivity index (χ4n) is 1.88. The number of nitrogens with zero attached hydrogens (tertiary/aromatic N) is 3. The molecule has 6 heteroatoms. The highest BCUT2D eigenvalue weighted by Crippen LogP contribution is 2.23. The molecule has 3 rings (SSSR count). The minimum atomic E-state index is 0.201. The Balaban J connectivity index is 1.86. The van der Waals surface area contributed by atoms with Crippen molar-refractivity contribution in [2.24, 2.45) is 0 Å². The molecule has 0 saturated carbocycles. The fourth-order valence-corrected chi connectivity index (χ4v) is 2.12. The number of rotatable bonds is 2. The van der Waals surface area contributed by atoms with Crippen LogP contribution in [0.3, 0.4) is 0 Å². The second-order valence-electron chi connectivity index (χ2n) is 3.97. The molecule has 0 radical (unpaired) electrons. The van der Waals surface area contributed by atoms with Crippen molar-refractivity contribution in [2.75, 3.05) is 6.54 Å². The summed E-state index contributed by atoms with van der Waals surface area (Å²) in [5, 5.41) is 7.28. The molecule has 0 aliphatic carbocycles. The Bertz CT molecular complexity index is 504. The molecule has 88 valence electrons. The average Bonchev–Trinajstić information content (AvgIpc) is 3.00. The molecule has 2 aromatic rings. The topological polar surface area (TPSA) is 63.8 Å². The highest BCUT2D eigenvalue weighted by molar-refractivity contribution is 9.10. The summed E-state index contributed by atoms with van der Waals surface area (Å²) in [5.74, 6) is 1.20. The zero-order valence-corrected chi connectivity index (χ0v) is 10.6. The molecule has 1 unspecified atom stereocenters. The molecule has 1 saturated heterocycles. The van der Waals surface area contributed by atoms with Gasteiger partial charge in [0.2, 0.25) is 11.7 Å². The van der Waals surface area contributed by atoms with Gasteiger partial charge in [-0.3, -0.25) is 4.98 Å². The van der Waals surface area contributed by atoms with Crippen molar-refractivity contribution in [3.8, 4) is 11.5 Å². The molecule has 1 atom stereocenters. The summed E-state index contributed by atoms with van der Waals surface area (Å²) in [4.78, 5) is 8.61. The molecule has 0 aromatic carbocycles. The summed E-state index contributed by atoms with van der Waals surface area (Å²) >= 11 is 3.34. The van der Waals surface area contributed by atoms with Crippen LogP contribution in [0.2, 0.25) is 0 Å². The summed E-state index contributed by atoms with van der Waals surface area (Å²) in [6.07, 6.45) is 3.92. The number of pyridine rings is 1. The zero-order chi connectivity index (χ0) is 11.7. The molecule has 17 heavy (non-hydrogen) atoms. The van der Waals surface area contributed by atoms with Gasteiger partial charge in [0.25, 0.3) is 0 Å². The van der Waals surface area contributed by atoms with E-state index in [1.165, 1.54) is 0 Å². The number of aromatic nitrogens is 3. The lowest BCUT2D eigenvalue weighted by molar-refractivity contribution is 0.345. The van der Waals surface area contributed by atoms with Crippen molar-refractivity contribution in [3.63, 3.8) is 0 Å². The van der Waals surface area contributed by atoms with Crippen LogP contribution in [0.5, 0.6) is 0 Å². The Labute approximate surface area is 107 Å². The highest BCUT2D eigenvalue weighted by Gasteiger charge is 2.22. The SMILES string of the molecule is Brc1ccc(-c2noc(C3CCCN3)n2)nc1. The Morgan fingerprint density at radius 3 is 3.06 bits per heavy atom. The lowest BCUT2D eigenvalue weighted by Gasteiger charge is -2.01. The van der Waals surface area contributed by atoms with Gasteiger partial charge in [0.05, 0.1) is 6.04 Å². The summed E-state index contributed by atoms with van der Waals surface area (Å²) in [7, 11) is 0. The van der Waals surface area contributed by atoms with Crippen LogP contribution in [0.15, 0.2) is 27.3 Å². The van der Waals surface area contributed by atoms with Crippen LogP contribution in [-0.2, 0) is 0 Å². The van der Waals surface area contributed by atoms with Crippen LogP contribution in [0, 0.1) is 0 Å². The lowest BCUT2D eigenvalue weighted by atomic mass is 10.2. The molecule has 0 spiro atoms. The molecule has 1 aliphatic rings. The van der Waals surface area contributed by atoms with Gasteiger partial charge in [-0.25, -0.2) is 0 Å².